The summed E-state index contributed by atoms with van der Waals surface area (Å²) in [5.41, 5.74) is 0.629. The molecular formula is C13H13F3N4O2. The summed E-state index contributed by atoms with van der Waals surface area (Å²) in [6, 6.07) is 5.81. The van der Waals surface area contributed by atoms with Crippen LogP contribution in [0, 0.1) is 6.92 Å². The van der Waals surface area contributed by atoms with Crippen molar-refractivity contribution >= 4 is 11.9 Å². The number of nitrogens with zero attached hydrogens (tertiary/aromatic N) is 2. The van der Waals surface area contributed by atoms with Crippen LogP contribution in [0.5, 0.6) is 5.75 Å². The average Bonchev–Trinajstić information content (AvgIpc) is 2.82. The minimum atomic E-state index is -4.38. The molecule has 0 unspecified atom stereocenters. The molecule has 0 saturated heterocycles. The summed E-state index contributed by atoms with van der Waals surface area (Å²) >= 11 is 0. The number of amides is 1. The number of hydrogen-bond acceptors (Lipinski definition) is 4. The molecule has 1 amide bonds. The topological polar surface area (TPSA) is 79.9 Å². The zero-order valence-corrected chi connectivity index (χ0v) is 11.6. The van der Waals surface area contributed by atoms with E-state index in [1.807, 2.05) is 0 Å². The van der Waals surface area contributed by atoms with Gasteiger partial charge in [-0.15, -0.1) is 5.10 Å². The number of aromatic amines is 1. The number of carbonyl (C=O) groups is 1. The molecule has 0 spiro atoms. The number of halogens is 3. The minimum absolute atomic E-state index is 0.0487. The number of benzene rings is 1. The molecule has 0 radical (unpaired) electrons. The van der Waals surface area contributed by atoms with Gasteiger partial charge in [-0.2, -0.15) is 18.2 Å². The molecule has 0 aliphatic carbocycles. The van der Waals surface area contributed by atoms with E-state index in [2.05, 4.69) is 25.2 Å². The van der Waals surface area contributed by atoms with E-state index in [0.717, 1.165) is 0 Å². The van der Waals surface area contributed by atoms with Crippen LogP contribution < -0.4 is 10.1 Å². The number of nitrogens with one attached hydrogen (secondary N) is 2. The fourth-order valence-corrected chi connectivity index (χ4v) is 1.62. The van der Waals surface area contributed by atoms with Crippen LogP contribution in [0.15, 0.2) is 24.3 Å². The number of hydrogen-bond donors (Lipinski definition) is 2. The molecule has 1 aromatic carbocycles. The Morgan fingerprint density at radius 3 is 2.55 bits per heavy atom. The summed E-state index contributed by atoms with van der Waals surface area (Å²) in [4.78, 5) is 15.7. The quantitative estimate of drug-likeness (QED) is 0.887. The molecule has 2 N–H and O–H groups in total. The monoisotopic (exact) mass is 314 g/mol. The van der Waals surface area contributed by atoms with Crippen molar-refractivity contribution in [1.82, 2.24) is 15.2 Å². The molecule has 9 heteroatoms. The van der Waals surface area contributed by atoms with Crippen LogP contribution in [0.2, 0.25) is 0 Å². The van der Waals surface area contributed by atoms with E-state index in [4.69, 9.17) is 0 Å². The van der Waals surface area contributed by atoms with E-state index in [9.17, 15) is 18.0 Å². The zero-order chi connectivity index (χ0) is 16.2. The number of ether oxygens (including phenoxy) is 1. The third-order valence-electron chi connectivity index (χ3n) is 2.54. The maximum absolute atomic E-state index is 12.0. The molecule has 118 valence electrons. The van der Waals surface area contributed by atoms with E-state index in [-0.39, 0.29) is 24.0 Å². The lowest BCUT2D eigenvalue weighted by molar-refractivity contribution is -0.153. The summed E-state index contributed by atoms with van der Waals surface area (Å²) in [6.07, 6.45) is -4.33. The van der Waals surface area contributed by atoms with Gasteiger partial charge in [0.05, 0.1) is 6.42 Å². The summed E-state index contributed by atoms with van der Waals surface area (Å²) < 4.78 is 40.6. The van der Waals surface area contributed by atoms with Gasteiger partial charge in [0.2, 0.25) is 11.9 Å². The first-order valence-electron chi connectivity index (χ1n) is 6.29. The highest BCUT2D eigenvalue weighted by Crippen LogP contribution is 2.19. The largest absolute Gasteiger partial charge is 0.484 e. The first-order chi connectivity index (χ1) is 10.3. The standard InChI is InChI=1S/C13H13F3N4O2/c1-8-17-12(20-19-8)18-11(21)6-9-2-4-10(5-3-9)22-7-13(14,15)16/h2-5H,6-7H2,1H3,(H2,17,18,19,20,21). The Bertz CT molecular complexity index is 637. The second-order valence-corrected chi connectivity index (χ2v) is 4.52. The van der Waals surface area contributed by atoms with Crippen LogP contribution in [0.3, 0.4) is 0 Å². The molecule has 0 atom stereocenters. The van der Waals surface area contributed by atoms with Crippen molar-refractivity contribution in [3.8, 4) is 5.75 Å². The average molecular weight is 314 g/mol. The van der Waals surface area contributed by atoms with Crippen LogP contribution in [-0.4, -0.2) is 33.9 Å². The lowest BCUT2D eigenvalue weighted by Crippen LogP contribution is -2.19. The number of aryl methyl sites for hydroxylation is 1. The van der Waals surface area contributed by atoms with Crippen LogP contribution in [0.1, 0.15) is 11.4 Å². The summed E-state index contributed by atoms with van der Waals surface area (Å²) in [6.45, 7) is 0.347. The summed E-state index contributed by atoms with van der Waals surface area (Å²) in [7, 11) is 0. The highest BCUT2D eigenvalue weighted by Gasteiger charge is 2.28. The lowest BCUT2D eigenvalue weighted by atomic mass is 10.1. The number of alkyl halides is 3. The van der Waals surface area contributed by atoms with Crippen molar-refractivity contribution < 1.29 is 22.7 Å². The van der Waals surface area contributed by atoms with Crippen molar-refractivity contribution in [2.45, 2.75) is 19.5 Å². The predicted molar refractivity (Wildman–Crippen MR) is 71.4 cm³/mol. The van der Waals surface area contributed by atoms with Crippen LogP contribution in [0.4, 0.5) is 19.1 Å². The van der Waals surface area contributed by atoms with Gasteiger partial charge in [-0.1, -0.05) is 12.1 Å². The van der Waals surface area contributed by atoms with Crippen molar-refractivity contribution in [2.75, 3.05) is 11.9 Å². The third-order valence-corrected chi connectivity index (χ3v) is 2.54. The van der Waals surface area contributed by atoms with Crippen molar-refractivity contribution in [1.29, 1.82) is 0 Å². The van der Waals surface area contributed by atoms with E-state index in [0.29, 0.717) is 11.4 Å². The predicted octanol–water partition coefficient (Wildman–Crippen LogP) is 2.24. The second-order valence-electron chi connectivity index (χ2n) is 4.52. The van der Waals surface area contributed by atoms with Crippen molar-refractivity contribution in [3.63, 3.8) is 0 Å². The Balaban J connectivity index is 1.86. The Morgan fingerprint density at radius 2 is 2.00 bits per heavy atom. The Hall–Kier alpha value is -2.58. The third kappa shape index (κ3) is 5.08. The summed E-state index contributed by atoms with van der Waals surface area (Å²) in [5, 5.41) is 8.85. The van der Waals surface area contributed by atoms with Crippen molar-refractivity contribution in [3.05, 3.63) is 35.7 Å². The Kier molecular flexibility index (Phi) is 4.64. The highest BCUT2D eigenvalue weighted by atomic mass is 19.4. The molecule has 0 bridgehead atoms. The molecule has 0 aliphatic heterocycles. The SMILES string of the molecule is Cc1nc(NC(=O)Cc2ccc(OCC(F)(F)F)cc2)n[nH]1. The van der Waals surface area contributed by atoms with Gasteiger partial charge in [-0.05, 0) is 24.6 Å². The Labute approximate surface area is 123 Å². The summed E-state index contributed by atoms with van der Waals surface area (Å²) in [5.74, 6) is 0.503. The maximum Gasteiger partial charge on any atom is 0.422 e. The van der Waals surface area contributed by atoms with Gasteiger partial charge in [0.1, 0.15) is 11.6 Å². The fourth-order valence-electron chi connectivity index (χ4n) is 1.62. The molecule has 0 saturated carbocycles. The van der Waals surface area contributed by atoms with Crippen LogP contribution >= 0.6 is 0 Å². The molecule has 1 heterocycles. The van der Waals surface area contributed by atoms with Gasteiger partial charge in [-0.3, -0.25) is 15.2 Å². The lowest BCUT2D eigenvalue weighted by Gasteiger charge is -2.09. The first-order valence-corrected chi connectivity index (χ1v) is 6.29. The number of anilines is 1. The van der Waals surface area contributed by atoms with Gasteiger partial charge in [0.25, 0.3) is 0 Å². The molecule has 6 nitrogen and oxygen atoms in total. The van der Waals surface area contributed by atoms with E-state index in [1.165, 1.54) is 24.3 Å². The second kappa shape index (κ2) is 6.46. The van der Waals surface area contributed by atoms with Crippen LogP contribution in [-0.2, 0) is 11.2 Å². The smallest absolute Gasteiger partial charge is 0.422 e. The number of carbonyl (C=O) groups excluding carboxylic acids is 1. The first kappa shape index (κ1) is 15.8. The van der Waals surface area contributed by atoms with Gasteiger partial charge in [-0.25, -0.2) is 0 Å². The normalized spacial score (nSPS) is 11.3. The molecule has 0 aliphatic rings. The van der Waals surface area contributed by atoms with E-state index < -0.39 is 12.8 Å². The molecule has 1 aromatic heterocycles. The number of rotatable bonds is 5. The van der Waals surface area contributed by atoms with E-state index in [1.54, 1.807) is 6.92 Å². The minimum Gasteiger partial charge on any atom is -0.484 e. The van der Waals surface area contributed by atoms with Gasteiger partial charge < -0.3 is 4.74 Å². The molecule has 2 rings (SSSR count). The maximum atomic E-state index is 12.0. The molecular weight excluding hydrogens is 301 g/mol. The number of H-pyrrole nitrogens is 1. The number of aromatic nitrogens is 3. The highest BCUT2D eigenvalue weighted by molar-refractivity contribution is 5.90. The molecule has 2 aromatic rings. The zero-order valence-electron chi connectivity index (χ0n) is 11.6. The van der Waals surface area contributed by atoms with Gasteiger partial charge in [0, 0.05) is 0 Å². The van der Waals surface area contributed by atoms with Crippen molar-refractivity contribution in [2.24, 2.45) is 0 Å². The molecule has 0 fully saturated rings. The van der Waals surface area contributed by atoms with Crippen LogP contribution in [0.25, 0.3) is 0 Å². The molecule has 22 heavy (non-hydrogen) atoms. The van der Waals surface area contributed by atoms with Gasteiger partial charge in [0.15, 0.2) is 6.61 Å². The Morgan fingerprint density at radius 1 is 1.32 bits per heavy atom. The van der Waals surface area contributed by atoms with Gasteiger partial charge >= 0.3 is 6.18 Å². The van der Waals surface area contributed by atoms with E-state index >= 15 is 0 Å². The fraction of sp³-hybridized carbons (Fsp3) is 0.308.